The average molecular weight is 492 g/mol. The Labute approximate surface area is 208 Å². The third-order valence-corrected chi connectivity index (χ3v) is 7.47. The minimum atomic E-state index is -0.181. The number of aromatic amines is 2. The van der Waals surface area contributed by atoms with Crippen LogP contribution in [0.15, 0.2) is 41.2 Å². The Morgan fingerprint density at radius 2 is 1.94 bits per heavy atom. The molecule has 2 aliphatic rings. The highest BCUT2D eigenvalue weighted by Crippen LogP contribution is 2.33. The molecule has 4 aromatic rings. The van der Waals surface area contributed by atoms with Gasteiger partial charge in [-0.25, -0.2) is 4.98 Å². The topological polar surface area (TPSA) is 92.1 Å². The van der Waals surface area contributed by atoms with E-state index >= 15 is 0 Å². The molecule has 0 radical (unpaired) electrons. The smallest absolute Gasteiger partial charge is 0.261 e. The summed E-state index contributed by atoms with van der Waals surface area (Å²) in [5.41, 5.74) is 4.77. The second-order valence-electron chi connectivity index (χ2n) is 9.65. The summed E-state index contributed by atoms with van der Waals surface area (Å²) in [6.45, 7) is 5.85. The summed E-state index contributed by atoms with van der Waals surface area (Å²) in [5.74, 6) is 0.556. The zero-order valence-corrected chi connectivity index (χ0v) is 20.6. The maximum atomic E-state index is 13.3. The van der Waals surface area contributed by atoms with E-state index < -0.39 is 0 Å². The molecule has 8 nitrogen and oxygen atoms in total. The van der Waals surface area contributed by atoms with Crippen molar-refractivity contribution in [2.24, 2.45) is 0 Å². The number of hydrogen-bond donors (Lipinski definition) is 4. The molecule has 9 heteroatoms. The minimum absolute atomic E-state index is 0.181. The van der Waals surface area contributed by atoms with Crippen LogP contribution in [-0.2, 0) is 0 Å². The third-order valence-electron chi connectivity index (χ3n) is 7.23. The zero-order valence-electron chi connectivity index (χ0n) is 19.8. The SMILES string of the molecule is CN1CCN(c2ccc3nc(-c4c(NCC5CCCN5)c5cc(Cl)ccc5[nH]c4=O)[nH]c3c2)CC1. The molecule has 2 aliphatic heterocycles. The van der Waals surface area contributed by atoms with E-state index in [-0.39, 0.29) is 5.56 Å². The van der Waals surface area contributed by atoms with Gasteiger partial charge in [0.2, 0.25) is 0 Å². The van der Waals surface area contributed by atoms with Crippen LogP contribution < -0.4 is 21.1 Å². The van der Waals surface area contributed by atoms with Gasteiger partial charge in [0.25, 0.3) is 5.56 Å². The summed E-state index contributed by atoms with van der Waals surface area (Å²) in [5, 5.41) is 8.58. The van der Waals surface area contributed by atoms with Gasteiger partial charge in [-0.1, -0.05) is 11.6 Å². The molecule has 4 heterocycles. The Balaban J connectivity index is 1.42. The maximum absolute atomic E-state index is 13.3. The van der Waals surface area contributed by atoms with Gasteiger partial charge in [0.1, 0.15) is 11.4 Å². The van der Waals surface area contributed by atoms with Crippen molar-refractivity contribution in [1.29, 1.82) is 0 Å². The third kappa shape index (κ3) is 4.37. The number of fused-ring (bicyclic) bond motifs is 2. The van der Waals surface area contributed by atoms with Crippen molar-refractivity contribution in [3.63, 3.8) is 0 Å². The lowest BCUT2D eigenvalue weighted by Gasteiger charge is -2.34. The zero-order chi connectivity index (χ0) is 23.9. The molecule has 2 fully saturated rings. The molecule has 35 heavy (non-hydrogen) atoms. The molecular weight excluding hydrogens is 462 g/mol. The van der Waals surface area contributed by atoms with Crippen molar-refractivity contribution in [1.82, 2.24) is 25.2 Å². The van der Waals surface area contributed by atoms with Crippen molar-refractivity contribution in [2.45, 2.75) is 18.9 Å². The van der Waals surface area contributed by atoms with E-state index in [2.05, 4.69) is 49.6 Å². The van der Waals surface area contributed by atoms with E-state index in [1.807, 2.05) is 18.2 Å². The number of nitrogens with zero attached hydrogens (tertiary/aromatic N) is 3. The fraction of sp³-hybridized carbons (Fsp3) is 0.385. The van der Waals surface area contributed by atoms with Gasteiger partial charge in [0, 0.05) is 54.9 Å². The summed E-state index contributed by atoms with van der Waals surface area (Å²) < 4.78 is 0. The van der Waals surface area contributed by atoms with Gasteiger partial charge in [-0.15, -0.1) is 0 Å². The first-order valence-electron chi connectivity index (χ1n) is 12.3. The number of H-pyrrole nitrogens is 2. The normalized spacial score (nSPS) is 19.1. The number of nitrogens with one attached hydrogen (secondary N) is 4. The van der Waals surface area contributed by atoms with Crippen molar-refractivity contribution in [3.05, 3.63) is 51.8 Å². The molecule has 0 spiro atoms. The fourth-order valence-electron chi connectivity index (χ4n) is 5.21. The molecule has 6 rings (SSSR count). The molecule has 2 aromatic heterocycles. The standard InChI is InChI=1S/C26H30ClN7O/c1-33-9-11-34(12-10-33)18-5-7-21-22(14-18)31-25(30-21)23-24(29-15-17-3-2-8-28-17)19-13-16(27)4-6-20(19)32-26(23)35/h4-7,13-14,17,28H,2-3,8-12,15H2,1H3,(H,30,31)(H2,29,32,35). The molecule has 0 aliphatic carbocycles. The van der Waals surface area contributed by atoms with Gasteiger partial charge in [0.05, 0.1) is 22.2 Å². The van der Waals surface area contributed by atoms with E-state index in [1.165, 1.54) is 12.1 Å². The summed E-state index contributed by atoms with van der Waals surface area (Å²) in [6.07, 6.45) is 2.28. The number of anilines is 2. The van der Waals surface area contributed by atoms with Crippen LogP contribution in [0.1, 0.15) is 12.8 Å². The van der Waals surface area contributed by atoms with E-state index in [0.717, 1.165) is 73.3 Å². The van der Waals surface area contributed by atoms with Gasteiger partial charge in [-0.2, -0.15) is 0 Å². The van der Waals surface area contributed by atoms with Crippen LogP contribution in [0.25, 0.3) is 33.3 Å². The first kappa shape index (κ1) is 22.4. The predicted molar refractivity (Wildman–Crippen MR) is 144 cm³/mol. The summed E-state index contributed by atoms with van der Waals surface area (Å²) in [4.78, 5) is 29.4. The molecule has 0 amide bonds. The Hall–Kier alpha value is -3.07. The molecule has 1 unspecified atom stereocenters. The number of imidazole rings is 1. The van der Waals surface area contributed by atoms with Crippen molar-refractivity contribution in [3.8, 4) is 11.4 Å². The first-order chi connectivity index (χ1) is 17.0. The van der Waals surface area contributed by atoms with Crippen LogP contribution in [0, 0.1) is 0 Å². The fourth-order valence-corrected chi connectivity index (χ4v) is 5.38. The second-order valence-corrected chi connectivity index (χ2v) is 10.1. The lowest BCUT2D eigenvalue weighted by atomic mass is 10.1. The predicted octanol–water partition coefficient (Wildman–Crippen LogP) is 3.64. The van der Waals surface area contributed by atoms with Gasteiger partial charge in [-0.05, 0) is 62.8 Å². The average Bonchev–Trinajstić information content (AvgIpc) is 3.52. The maximum Gasteiger partial charge on any atom is 0.261 e. The highest BCUT2D eigenvalue weighted by Gasteiger charge is 2.21. The Morgan fingerprint density at radius 1 is 1.09 bits per heavy atom. The molecule has 0 bridgehead atoms. The van der Waals surface area contributed by atoms with Crippen LogP contribution in [-0.4, -0.2) is 72.2 Å². The number of likely N-dealkylation sites (N-methyl/N-ethyl adjacent to an activating group) is 1. The van der Waals surface area contributed by atoms with E-state index in [1.54, 1.807) is 6.07 Å². The monoisotopic (exact) mass is 491 g/mol. The lowest BCUT2D eigenvalue weighted by molar-refractivity contribution is 0.313. The Kier molecular flexibility index (Phi) is 5.88. The highest BCUT2D eigenvalue weighted by atomic mass is 35.5. The Bertz CT molecular complexity index is 1430. The van der Waals surface area contributed by atoms with E-state index in [4.69, 9.17) is 16.6 Å². The highest BCUT2D eigenvalue weighted by molar-refractivity contribution is 6.31. The minimum Gasteiger partial charge on any atom is -0.382 e. The number of halogens is 1. The summed E-state index contributed by atoms with van der Waals surface area (Å²) >= 11 is 6.36. The summed E-state index contributed by atoms with van der Waals surface area (Å²) in [6, 6.07) is 12.2. The first-order valence-corrected chi connectivity index (χ1v) is 12.7. The molecule has 4 N–H and O–H groups in total. The van der Waals surface area contributed by atoms with Crippen molar-refractivity contribution in [2.75, 3.05) is 56.5 Å². The van der Waals surface area contributed by atoms with Crippen molar-refractivity contribution < 1.29 is 0 Å². The Morgan fingerprint density at radius 3 is 2.74 bits per heavy atom. The molecule has 1 atom stereocenters. The number of pyridine rings is 1. The van der Waals surface area contributed by atoms with Crippen LogP contribution in [0.4, 0.5) is 11.4 Å². The van der Waals surface area contributed by atoms with Crippen LogP contribution in [0.3, 0.4) is 0 Å². The molecular formula is C26H30ClN7O. The van der Waals surface area contributed by atoms with Crippen LogP contribution in [0.2, 0.25) is 5.02 Å². The lowest BCUT2D eigenvalue weighted by Crippen LogP contribution is -2.44. The van der Waals surface area contributed by atoms with Gasteiger partial charge in [-0.3, -0.25) is 4.79 Å². The molecule has 2 saturated heterocycles. The molecule has 182 valence electrons. The number of hydrogen-bond acceptors (Lipinski definition) is 6. The number of benzene rings is 2. The van der Waals surface area contributed by atoms with Gasteiger partial charge >= 0.3 is 0 Å². The van der Waals surface area contributed by atoms with Gasteiger partial charge in [0.15, 0.2) is 0 Å². The number of aromatic nitrogens is 3. The largest absolute Gasteiger partial charge is 0.382 e. The van der Waals surface area contributed by atoms with E-state index in [9.17, 15) is 4.79 Å². The van der Waals surface area contributed by atoms with Gasteiger partial charge < -0.3 is 30.4 Å². The van der Waals surface area contributed by atoms with Crippen molar-refractivity contribution >= 4 is 44.9 Å². The van der Waals surface area contributed by atoms with Crippen LogP contribution in [0.5, 0.6) is 0 Å². The second kappa shape index (κ2) is 9.18. The number of rotatable bonds is 5. The summed E-state index contributed by atoms with van der Waals surface area (Å²) in [7, 11) is 2.16. The van der Waals surface area contributed by atoms with Crippen LogP contribution >= 0.6 is 11.6 Å². The number of piperazine rings is 1. The molecule has 0 saturated carbocycles. The molecule has 2 aromatic carbocycles. The quantitative estimate of drug-likeness (QED) is 0.341. The van der Waals surface area contributed by atoms with E-state index in [0.29, 0.717) is 22.5 Å².